The second kappa shape index (κ2) is 8.58. The second-order valence-electron chi connectivity index (χ2n) is 8.94. The Hall–Kier alpha value is -2.87. The summed E-state index contributed by atoms with van der Waals surface area (Å²) in [6.07, 6.45) is 7.90. The zero-order valence-electron chi connectivity index (χ0n) is 18.7. The van der Waals surface area contributed by atoms with E-state index in [1.54, 1.807) is 11.8 Å². The van der Waals surface area contributed by atoms with Gasteiger partial charge >= 0.3 is 0 Å². The standard InChI is InChI=1S/C24H30N4O4/c1-16-3-6-21-22(28(16)17(2)29)8-7-20(18-13-25-27(14-18)19-4-5-19)24(21)32-15-23(30)26-9-11-31-12-10-26/h7-8,13-14,16,19H,3-6,9-12,15H2,1-2H3. The number of ether oxygens (including phenoxy) is 2. The SMILES string of the molecule is CC(=O)N1c2ccc(-c3cnn(C4CC4)c3)c(OCC(=O)N3CCOCC3)c2CCC1C. The van der Waals surface area contributed by atoms with Crippen LogP contribution in [0, 0.1) is 0 Å². The fraction of sp³-hybridized carbons (Fsp3) is 0.542. The number of hydrogen-bond donors (Lipinski definition) is 0. The summed E-state index contributed by atoms with van der Waals surface area (Å²) in [7, 11) is 0. The van der Waals surface area contributed by atoms with E-state index < -0.39 is 0 Å². The molecule has 3 aliphatic rings. The summed E-state index contributed by atoms with van der Waals surface area (Å²) in [5.74, 6) is 0.666. The quantitative estimate of drug-likeness (QED) is 0.718. The summed E-state index contributed by atoms with van der Waals surface area (Å²) in [6, 6.07) is 4.62. The number of morpholine rings is 1. The molecule has 2 fully saturated rings. The molecule has 1 aromatic carbocycles. The molecular weight excluding hydrogens is 408 g/mol. The Morgan fingerprint density at radius 2 is 1.97 bits per heavy atom. The largest absolute Gasteiger partial charge is 0.483 e. The predicted octanol–water partition coefficient (Wildman–Crippen LogP) is 2.81. The third-order valence-electron chi connectivity index (χ3n) is 6.62. The topological polar surface area (TPSA) is 76.9 Å². The predicted molar refractivity (Wildman–Crippen MR) is 120 cm³/mol. The van der Waals surface area contributed by atoms with Gasteiger partial charge in [-0.1, -0.05) is 0 Å². The molecule has 8 heteroatoms. The third kappa shape index (κ3) is 3.99. The number of hydrogen-bond acceptors (Lipinski definition) is 5. The lowest BCUT2D eigenvalue weighted by Crippen LogP contribution is -2.43. The molecule has 1 saturated carbocycles. The van der Waals surface area contributed by atoms with Crippen molar-refractivity contribution in [3.63, 3.8) is 0 Å². The number of fused-ring (bicyclic) bond motifs is 1. The molecule has 170 valence electrons. The van der Waals surface area contributed by atoms with Crippen LogP contribution in [-0.2, 0) is 20.7 Å². The van der Waals surface area contributed by atoms with Crippen molar-refractivity contribution in [2.75, 3.05) is 37.8 Å². The van der Waals surface area contributed by atoms with E-state index in [9.17, 15) is 9.59 Å². The van der Waals surface area contributed by atoms with E-state index in [2.05, 4.69) is 18.2 Å². The van der Waals surface area contributed by atoms with Gasteiger partial charge in [-0.15, -0.1) is 0 Å². The molecule has 1 aromatic heterocycles. The van der Waals surface area contributed by atoms with Gasteiger partial charge in [-0.25, -0.2) is 0 Å². The van der Waals surface area contributed by atoms with Gasteiger partial charge in [0.2, 0.25) is 5.91 Å². The summed E-state index contributed by atoms with van der Waals surface area (Å²) in [5.41, 5.74) is 3.76. The molecule has 1 aliphatic carbocycles. The van der Waals surface area contributed by atoms with Gasteiger partial charge in [0.25, 0.3) is 5.91 Å². The van der Waals surface area contributed by atoms with Gasteiger partial charge < -0.3 is 19.3 Å². The maximum Gasteiger partial charge on any atom is 0.260 e. The number of aromatic nitrogens is 2. The van der Waals surface area contributed by atoms with Crippen LogP contribution in [0.4, 0.5) is 5.69 Å². The maximum absolute atomic E-state index is 12.8. The molecular formula is C24H30N4O4. The molecule has 2 aromatic rings. The van der Waals surface area contributed by atoms with E-state index in [1.807, 2.05) is 27.9 Å². The highest BCUT2D eigenvalue weighted by atomic mass is 16.5. The monoisotopic (exact) mass is 438 g/mol. The van der Waals surface area contributed by atoms with Crippen molar-refractivity contribution in [2.45, 2.75) is 51.6 Å². The summed E-state index contributed by atoms with van der Waals surface area (Å²) < 4.78 is 13.6. The summed E-state index contributed by atoms with van der Waals surface area (Å²) in [5, 5.41) is 4.54. The Kier molecular flexibility index (Phi) is 5.63. The van der Waals surface area contributed by atoms with Crippen LogP contribution < -0.4 is 9.64 Å². The maximum atomic E-state index is 12.8. The van der Waals surface area contributed by atoms with Gasteiger partial charge in [-0.3, -0.25) is 14.3 Å². The molecule has 0 radical (unpaired) electrons. The Bertz CT molecular complexity index is 1020. The zero-order valence-corrected chi connectivity index (χ0v) is 18.7. The van der Waals surface area contributed by atoms with Gasteiger partial charge in [-0.05, 0) is 44.7 Å². The van der Waals surface area contributed by atoms with Crippen LogP contribution in [0.1, 0.15) is 44.7 Å². The lowest BCUT2D eigenvalue weighted by Gasteiger charge is -2.36. The third-order valence-corrected chi connectivity index (χ3v) is 6.62. The number of benzene rings is 1. The number of nitrogens with zero attached hydrogens (tertiary/aromatic N) is 4. The molecule has 3 heterocycles. The van der Waals surface area contributed by atoms with E-state index in [0.29, 0.717) is 38.1 Å². The first-order valence-corrected chi connectivity index (χ1v) is 11.5. The molecule has 0 N–H and O–H groups in total. The highest BCUT2D eigenvalue weighted by Crippen LogP contribution is 2.44. The summed E-state index contributed by atoms with van der Waals surface area (Å²) in [4.78, 5) is 28.8. The van der Waals surface area contributed by atoms with Crippen LogP contribution in [0.25, 0.3) is 11.1 Å². The van der Waals surface area contributed by atoms with Crippen LogP contribution in [0.5, 0.6) is 5.75 Å². The lowest BCUT2D eigenvalue weighted by atomic mass is 9.92. The van der Waals surface area contributed by atoms with Gasteiger partial charge in [0.05, 0.1) is 31.1 Å². The molecule has 5 rings (SSSR count). The molecule has 2 amide bonds. The molecule has 1 saturated heterocycles. The Morgan fingerprint density at radius 3 is 2.69 bits per heavy atom. The lowest BCUT2D eigenvalue weighted by molar-refractivity contribution is -0.137. The van der Waals surface area contributed by atoms with Crippen LogP contribution in [0.2, 0.25) is 0 Å². The van der Waals surface area contributed by atoms with Crippen LogP contribution >= 0.6 is 0 Å². The Morgan fingerprint density at radius 1 is 1.19 bits per heavy atom. The first-order chi connectivity index (χ1) is 15.5. The smallest absolute Gasteiger partial charge is 0.260 e. The highest BCUT2D eigenvalue weighted by Gasteiger charge is 2.31. The number of carbonyl (C=O) groups excluding carboxylic acids is 2. The molecule has 32 heavy (non-hydrogen) atoms. The molecule has 0 bridgehead atoms. The second-order valence-corrected chi connectivity index (χ2v) is 8.94. The molecule has 8 nitrogen and oxygen atoms in total. The van der Waals surface area contributed by atoms with Gasteiger partial charge in [-0.2, -0.15) is 5.10 Å². The average Bonchev–Trinajstić information content (AvgIpc) is 3.54. The van der Waals surface area contributed by atoms with Crippen LogP contribution in [-0.4, -0.2) is 65.4 Å². The van der Waals surface area contributed by atoms with Crippen LogP contribution in [0.3, 0.4) is 0 Å². The Balaban J connectivity index is 1.49. The van der Waals surface area contributed by atoms with E-state index in [4.69, 9.17) is 9.47 Å². The minimum absolute atomic E-state index is 0.0168. The zero-order chi connectivity index (χ0) is 22.2. The van der Waals surface area contributed by atoms with Crippen molar-refractivity contribution in [1.82, 2.24) is 14.7 Å². The normalized spacial score (nSPS) is 20.8. The molecule has 0 spiro atoms. The van der Waals surface area contributed by atoms with Crippen LogP contribution in [0.15, 0.2) is 24.5 Å². The van der Waals surface area contributed by atoms with Crippen molar-refractivity contribution in [1.29, 1.82) is 0 Å². The average molecular weight is 439 g/mol. The molecule has 1 unspecified atom stereocenters. The minimum atomic E-state index is -0.0434. The highest BCUT2D eigenvalue weighted by molar-refractivity contribution is 5.95. The minimum Gasteiger partial charge on any atom is -0.483 e. The molecule has 2 aliphatic heterocycles. The van der Waals surface area contributed by atoms with E-state index in [1.165, 1.54) is 0 Å². The number of rotatable bonds is 5. The first-order valence-electron chi connectivity index (χ1n) is 11.5. The van der Waals surface area contributed by atoms with Gasteiger partial charge in [0, 0.05) is 48.9 Å². The van der Waals surface area contributed by atoms with E-state index >= 15 is 0 Å². The van der Waals surface area contributed by atoms with E-state index in [-0.39, 0.29) is 24.5 Å². The molecule has 1 atom stereocenters. The fourth-order valence-electron chi connectivity index (χ4n) is 4.73. The fourth-order valence-corrected chi connectivity index (χ4v) is 4.73. The summed E-state index contributed by atoms with van der Waals surface area (Å²) >= 11 is 0. The Labute approximate surface area is 188 Å². The van der Waals surface area contributed by atoms with Crippen molar-refractivity contribution in [3.8, 4) is 16.9 Å². The van der Waals surface area contributed by atoms with E-state index in [0.717, 1.165) is 48.1 Å². The van der Waals surface area contributed by atoms with Crippen molar-refractivity contribution < 1.29 is 19.1 Å². The van der Waals surface area contributed by atoms with Crippen molar-refractivity contribution in [3.05, 3.63) is 30.1 Å². The summed E-state index contributed by atoms with van der Waals surface area (Å²) in [6.45, 7) is 5.93. The number of amides is 2. The van der Waals surface area contributed by atoms with Crippen molar-refractivity contribution in [2.24, 2.45) is 0 Å². The van der Waals surface area contributed by atoms with Gasteiger partial charge in [0.15, 0.2) is 6.61 Å². The van der Waals surface area contributed by atoms with Crippen molar-refractivity contribution >= 4 is 17.5 Å². The first kappa shape index (κ1) is 21.0. The number of carbonyl (C=O) groups is 2. The van der Waals surface area contributed by atoms with Gasteiger partial charge in [0.1, 0.15) is 5.75 Å². The number of anilines is 1.